The van der Waals surface area contributed by atoms with Crippen LogP contribution >= 0.6 is 0 Å². The molecule has 0 bridgehead atoms. The molecule has 0 aliphatic carbocycles. The molecule has 5 nitrogen and oxygen atoms in total. The van der Waals surface area contributed by atoms with Crippen molar-refractivity contribution in [2.75, 3.05) is 11.5 Å². The molecule has 0 aliphatic rings. The molecule has 0 fully saturated rings. The van der Waals surface area contributed by atoms with Crippen LogP contribution in [0, 0.1) is 0 Å². The largest absolute Gasteiger partial charge is 0.397 e. The van der Waals surface area contributed by atoms with Crippen molar-refractivity contribution in [3.05, 3.63) is 200 Å². The summed E-state index contributed by atoms with van der Waals surface area (Å²) in [6.45, 7) is 0. The second-order valence-corrected chi connectivity index (χ2v) is 16.2. The van der Waals surface area contributed by atoms with Crippen molar-refractivity contribution in [2.45, 2.75) is 0 Å². The second kappa shape index (κ2) is 12.6. The van der Waals surface area contributed by atoms with E-state index in [1.165, 1.54) is 54.4 Å². The zero-order valence-corrected chi connectivity index (χ0v) is 33.0. The first-order chi connectivity index (χ1) is 30.1. The molecule has 3 heterocycles. The van der Waals surface area contributed by atoms with Gasteiger partial charge in [-0.05, 0) is 101 Å². The Morgan fingerprint density at radius 2 is 0.574 bits per heavy atom. The molecule has 0 saturated carbocycles. The molecule has 5 heteroatoms. The Morgan fingerprint density at radius 3 is 1.03 bits per heavy atom. The molecule has 0 amide bonds. The summed E-state index contributed by atoms with van der Waals surface area (Å²) in [5.41, 5.74) is 27.4. The number of anilines is 2. The van der Waals surface area contributed by atoms with Gasteiger partial charge in [-0.2, -0.15) is 0 Å². The summed E-state index contributed by atoms with van der Waals surface area (Å²) >= 11 is 0. The van der Waals surface area contributed by atoms with E-state index in [9.17, 15) is 0 Å². The van der Waals surface area contributed by atoms with E-state index < -0.39 is 0 Å². The van der Waals surface area contributed by atoms with Gasteiger partial charge in [-0.1, -0.05) is 121 Å². The number of nitrogen functional groups attached to an aromatic ring is 2. The monoisotopic (exact) mass is 779 g/mol. The highest BCUT2D eigenvalue weighted by molar-refractivity contribution is 6.21. The first-order valence-corrected chi connectivity index (χ1v) is 20.8. The van der Waals surface area contributed by atoms with Crippen LogP contribution in [0.2, 0.25) is 0 Å². The van der Waals surface area contributed by atoms with Crippen LogP contribution in [0.25, 0.3) is 115 Å². The van der Waals surface area contributed by atoms with Crippen molar-refractivity contribution in [1.82, 2.24) is 13.7 Å². The van der Waals surface area contributed by atoms with Gasteiger partial charge in [0.25, 0.3) is 0 Å². The minimum Gasteiger partial charge on any atom is -0.397 e. The van der Waals surface area contributed by atoms with Crippen LogP contribution in [0.4, 0.5) is 11.4 Å². The van der Waals surface area contributed by atoms with Crippen molar-refractivity contribution in [3.8, 4) is 28.2 Å². The van der Waals surface area contributed by atoms with Gasteiger partial charge in [0.05, 0.1) is 44.5 Å². The number of nitrogens with two attached hydrogens (primary N) is 2. The number of hydrogen-bond acceptors (Lipinski definition) is 2. The average molecular weight is 780 g/mol. The van der Waals surface area contributed by atoms with Crippen LogP contribution in [0.15, 0.2) is 200 Å². The lowest BCUT2D eigenvalue weighted by molar-refractivity contribution is 1.16. The topological polar surface area (TPSA) is 66.8 Å². The van der Waals surface area contributed by atoms with Crippen molar-refractivity contribution in [1.29, 1.82) is 0 Å². The number of rotatable bonds is 4. The zero-order chi connectivity index (χ0) is 40.3. The number of hydrogen-bond donors (Lipinski definition) is 2. The SMILES string of the molecule is Nc1c(N)c2ccc(-n3c4ccc(-n5c6ccccc6c6ccccc65)cc4c4cc(-n5c6ccccc6c6ccccc65)ccc43)cc2c2cc(-c3ccccc3)ccc12. The highest BCUT2D eigenvalue weighted by Gasteiger charge is 2.20. The van der Waals surface area contributed by atoms with Gasteiger partial charge >= 0.3 is 0 Å². The molecule has 0 spiro atoms. The van der Waals surface area contributed by atoms with Crippen LogP contribution < -0.4 is 11.5 Å². The van der Waals surface area contributed by atoms with Crippen LogP contribution in [-0.4, -0.2) is 13.7 Å². The molecule has 13 rings (SSSR count). The fraction of sp³-hybridized carbons (Fsp3) is 0. The van der Waals surface area contributed by atoms with Gasteiger partial charge < -0.3 is 25.2 Å². The molecule has 61 heavy (non-hydrogen) atoms. The Morgan fingerprint density at radius 1 is 0.230 bits per heavy atom. The highest BCUT2D eigenvalue weighted by Crippen LogP contribution is 2.43. The van der Waals surface area contributed by atoms with Gasteiger partial charge in [0.1, 0.15) is 0 Å². The van der Waals surface area contributed by atoms with Crippen molar-refractivity contribution in [2.24, 2.45) is 0 Å². The quantitative estimate of drug-likeness (QED) is 0.106. The minimum absolute atomic E-state index is 0.607. The maximum absolute atomic E-state index is 6.83. The number of fused-ring (bicyclic) bond motifs is 12. The van der Waals surface area contributed by atoms with Gasteiger partial charge in [-0.3, -0.25) is 0 Å². The molecule has 0 aliphatic heterocycles. The van der Waals surface area contributed by atoms with Gasteiger partial charge in [-0.15, -0.1) is 0 Å². The van der Waals surface area contributed by atoms with Gasteiger partial charge in [0.15, 0.2) is 0 Å². The molecular weight excluding hydrogens is 743 g/mol. The Hall–Kier alpha value is -8.28. The second-order valence-electron chi connectivity index (χ2n) is 16.2. The lowest BCUT2D eigenvalue weighted by Gasteiger charge is -2.16. The fourth-order valence-electron chi connectivity index (χ4n) is 10.2. The van der Waals surface area contributed by atoms with E-state index >= 15 is 0 Å². The Balaban J connectivity index is 1.11. The summed E-state index contributed by atoms with van der Waals surface area (Å²) in [6.07, 6.45) is 0. The van der Waals surface area contributed by atoms with Gasteiger partial charge in [0.2, 0.25) is 0 Å². The highest BCUT2D eigenvalue weighted by atomic mass is 15.0. The maximum atomic E-state index is 6.83. The Bertz CT molecular complexity index is 3680. The number of aromatic nitrogens is 3. The predicted molar refractivity (Wildman–Crippen MR) is 259 cm³/mol. The summed E-state index contributed by atoms with van der Waals surface area (Å²) in [7, 11) is 0. The van der Waals surface area contributed by atoms with Gasteiger partial charge in [-0.25, -0.2) is 0 Å². The van der Waals surface area contributed by atoms with E-state index in [4.69, 9.17) is 11.5 Å². The minimum atomic E-state index is 0.607. The first kappa shape index (κ1) is 33.7. The smallest absolute Gasteiger partial charge is 0.0634 e. The summed E-state index contributed by atoms with van der Waals surface area (Å²) in [6, 6.07) is 72.4. The van der Waals surface area contributed by atoms with E-state index in [0.29, 0.717) is 11.4 Å². The first-order valence-electron chi connectivity index (χ1n) is 20.8. The third-order valence-electron chi connectivity index (χ3n) is 13.0. The third kappa shape index (κ3) is 4.77. The molecule has 13 aromatic rings. The van der Waals surface area contributed by atoms with E-state index in [1.807, 2.05) is 0 Å². The maximum Gasteiger partial charge on any atom is 0.0634 e. The van der Waals surface area contributed by atoms with Crippen LogP contribution in [-0.2, 0) is 0 Å². The lowest BCUT2D eigenvalue weighted by Crippen LogP contribution is -2.00. The molecule has 0 radical (unpaired) electrons. The average Bonchev–Trinajstić information content (AvgIpc) is 3.96. The number of nitrogens with zero attached hydrogens (tertiary/aromatic N) is 3. The number of para-hydroxylation sites is 4. The summed E-state index contributed by atoms with van der Waals surface area (Å²) in [4.78, 5) is 0. The van der Waals surface area contributed by atoms with E-state index in [0.717, 1.165) is 60.8 Å². The molecule has 0 saturated heterocycles. The molecular formula is C56H37N5. The fourth-order valence-corrected chi connectivity index (χ4v) is 10.2. The molecule has 0 unspecified atom stereocenters. The van der Waals surface area contributed by atoms with Crippen molar-refractivity contribution >= 4 is 98.3 Å². The summed E-state index contributed by atoms with van der Waals surface area (Å²) < 4.78 is 7.22. The van der Waals surface area contributed by atoms with Crippen LogP contribution in [0.5, 0.6) is 0 Å². The Labute approximate surface area is 350 Å². The van der Waals surface area contributed by atoms with E-state index in [1.54, 1.807) is 0 Å². The predicted octanol–water partition coefficient (Wildman–Crippen LogP) is 14.1. The van der Waals surface area contributed by atoms with E-state index in [-0.39, 0.29) is 0 Å². The summed E-state index contributed by atoms with van der Waals surface area (Å²) in [5.74, 6) is 0. The normalized spacial score (nSPS) is 12.1. The standard InChI is InChI=1S/C56H37N5/c57-55-43-26-22-35(34-12-2-1-3-13-34)30-45(43)46-31-36(23-27-44(46)56(55)58)61-53-28-24-37(59-49-18-8-4-14-39(49)40-15-5-9-19-50(40)59)32-47(53)48-33-38(25-29-54(48)61)60-51-20-10-6-16-41(51)42-17-7-11-21-52(42)60/h1-33H,57-58H2. The molecule has 4 N–H and O–H groups in total. The Kier molecular flexibility index (Phi) is 6.96. The van der Waals surface area contributed by atoms with Crippen LogP contribution in [0.3, 0.4) is 0 Å². The number of benzene rings is 10. The summed E-state index contributed by atoms with van der Waals surface area (Å²) in [5, 5.41) is 11.4. The molecule has 286 valence electrons. The van der Waals surface area contributed by atoms with Crippen molar-refractivity contribution < 1.29 is 0 Å². The zero-order valence-electron chi connectivity index (χ0n) is 33.0. The van der Waals surface area contributed by atoms with Crippen molar-refractivity contribution in [3.63, 3.8) is 0 Å². The molecule has 3 aromatic heterocycles. The van der Waals surface area contributed by atoms with Crippen LogP contribution in [0.1, 0.15) is 0 Å². The molecule has 10 aromatic carbocycles. The lowest BCUT2D eigenvalue weighted by atomic mass is 9.94. The third-order valence-corrected chi connectivity index (χ3v) is 13.0. The van der Waals surface area contributed by atoms with Gasteiger partial charge in [0, 0.05) is 60.2 Å². The van der Waals surface area contributed by atoms with E-state index in [2.05, 4.69) is 214 Å². The molecule has 0 atom stereocenters.